The summed E-state index contributed by atoms with van der Waals surface area (Å²) in [5, 5.41) is 10.4. The van der Waals surface area contributed by atoms with E-state index < -0.39 is 14.9 Å². The van der Waals surface area contributed by atoms with Gasteiger partial charge in [-0.2, -0.15) is 0 Å². The van der Waals surface area contributed by atoms with Crippen molar-refractivity contribution in [2.45, 2.75) is 61.5 Å². The second-order valence-corrected chi connectivity index (χ2v) is 9.79. The third kappa shape index (κ3) is 5.19. The average molecular weight is 373 g/mol. The lowest BCUT2D eigenvalue weighted by Gasteiger charge is -2.23. The summed E-state index contributed by atoms with van der Waals surface area (Å²) in [4.78, 5) is 10.9. The molecule has 0 bridgehead atoms. The summed E-state index contributed by atoms with van der Waals surface area (Å²) < 4.78 is 27.0. The molecule has 134 valence electrons. The summed E-state index contributed by atoms with van der Waals surface area (Å²) in [5.74, 6) is 0. The molecule has 0 radical (unpaired) electrons. The van der Waals surface area contributed by atoms with Crippen molar-refractivity contribution >= 4 is 27.7 Å². The van der Waals surface area contributed by atoms with Crippen molar-refractivity contribution in [2.75, 3.05) is 7.05 Å². The van der Waals surface area contributed by atoms with Crippen LogP contribution in [0.3, 0.4) is 0 Å². The van der Waals surface area contributed by atoms with Gasteiger partial charge in [-0.1, -0.05) is 38.5 Å². The van der Waals surface area contributed by atoms with E-state index in [9.17, 15) is 18.5 Å². The highest BCUT2D eigenvalue weighted by Crippen LogP contribution is 2.31. The number of benzene rings is 1. The van der Waals surface area contributed by atoms with Gasteiger partial charge in [-0.25, -0.2) is 8.42 Å². The Morgan fingerprint density at radius 1 is 1.04 bits per heavy atom. The second kappa shape index (κ2) is 8.82. The SMILES string of the molecule is CN(Sc1ccc([N+](=O)[O-])cc1)S(=O)(=O)C1CCCCCCCC1. The number of sulfonamides is 1. The summed E-state index contributed by atoms with van der Waals surface area (Å²) in [6, 6.07) is 5.95. The molecule has 0 unspecified atom stereocenters. The van der Waals surface area contributed by atoms with Crippen LogP contribution in [0, 0.1) is 10.1 Å². The van der Waals surface area contributed by atoms with Gasteiger partial charge in [0.05, 0.1) is 10.2 Å². The molecule has 1 aromatic carbocycles. The Morgan fingerprint density at radius 3 is 2.04 bits per heavy atom. The van der Waals surface area contributed by atoms with E-state index in [1.807, 2.05) is 0 Å². The number of nitro groups is 1. The van der Waals surface area contributed by atoms with Gasteiger partial charge < -0.3 is 0 Å². The lowest BCUT2D eigenvalue weighted by molar-refractivity contribution is -0.384. The van der Waals surface area contributed by atoms with Gasteiger partial charge >= 0.3 is 0 Å². The van der Waals surface area contributed by atoms with Crippen molar-refractivity contribution < 1.29 is 13.3 Å². The summed E-state index contributed by atoms with van der Waals surface area (Å²) >= 11 is 1.10. The third-order valence-electron chi connectivity index (χ3n) is 4.36. The van der Waals surface area contributed by atoms with Crippen LogP contribution in [0.1, 0.15) is 51.4 Å². The molecule has 1 aliphatic carbocycles. The van der Waals surface area contributed by atoms with Crippen molar-refractivity contribution in [3.05, 3.63) is 34.4 Å². The Bertz CT molecular complexity index is 637. The predicted octanol–water partition coefficient (Wildman–Crippen LogP) is 4.37. The molecule has 0 heterocycles. The number of non-ortho nitro benzene ring substituents is 1. The van der Waals surface area contributed by atoms with Crippen LogP contribution in [0.5, 0.6) is 0 Å². The number of hydrogen-bond acceptors (Lipinski definition) is 5. The maximum atomic E-state index is 12.8. The van der Waals surface area contributed by atoms with E-state index >= 15 is 0 Å². The fourth-order valence-corrected chi connectivity index (χ4v) is 5.87. The minimum Gasteiger partial charge on any atom is -0.258 e. The molecule has 6 nitrogen and oxygen atoms in total. The lowest BCUT2D eigenvalue weighted by atomic mass is 10.1. The van der Waals surface area contributed by atoms with Gasteiger partial charge in [0.2, 0.25) is 10.0 Å². The van der Waals surface area contributed by atoms with Gasteiger partial charge in [-0.15, -0.1) is 3.71 Å². The molecule has 1 aromatic rings. The van der Waals surface area contributed by atoms with Crippen molar-refractivity contribution in [1.82, 2.24) is 3.71 Å². The molecule has 0 amide bonds. The molecule has 2 rings (SSSR count). The largest absolute Gasteiger partial charge is 0.269 e. The molecule has 0 N–H and O–H groups in total. The van der Waals surface area contributed by atoms with Gasteiger partial charge in [0.1, 0.15) is 0 Å². The Balaban J connectivity index is 2.05. The predicted molar refractivity (Wildman–Crippen MR) is 96.4 cm³/mol. The van der Waals surface area contributed by atoms with Crippen LogP contribution in [0.15, 0.2) is 29.2 Å². The van der Waals surface area contributed by atoms with Crippen molar-refractivity contribution in [3.8, 4) is 0 Å². The molecule has 1 aliphatic rings. The van der Waals surface area contributed by atoms with Gasteiger partial charge in [0, 0.05) is 24.1 Å². The Kier molecular flexibility index (Phi) is 7.06. The lowest BCUT2D eigenvalue weighted by Crippen LogP contribution is -2.32. The summed E-state index contributed by atoms with van der Waals surface area (Å²) in [7, 11) is -1.82. The van der Waals surface area contributed by atoms with Crippen molar-refractivity contribution in [3.63, 3.8) is 0 Å². The summed E-state index contributed by atoms with van der Waals surface area (Å²) in [6.07, 6.45) is 7.94. The van der Waals surface area contributed by atoms with E-state index in [0.29, 0.717) is 17.7 Å². The highest BCUT2D eigenvalue weighted by Gasteiger charge is 2.30. The standard InChI is InChI=1S/C16H24N2O4S2/c1-17(23-15-12-10-14(11-13-15)18(19)20)24(21,22)16-8-6-4-2-3-5-7-9-16/h10-13,16H,2-9H2,1H3. The molecular formula is C16H24N2O4S2. The number of hydrogen-bond donors (Lipinski definition) is 0. The zero-order valence-corrected chi connectivity index (χ0v) is 15.5. The molecular weight excluding hydrogens is 348 g/mol. The summed E-state index contributed by atoms with van der Waals surface area (Å²) in [5.41, 5.74) is 0.00104. The molecule has 0 aliphatic heterocycles. The highest BCUT2D eigenvalue weighted by molar-refractivity contribution is 8.08. The van der Waals surface area contributed by atoms with Gasteiger partial charge in [-0.05, 0) is 36.9 Å². The quantitative estimate of drug-likeness (QED) is 0.436. The molecule has 1 saturated carbocycles. The first-order chi connectivity index (χ1) is 11.4. The fraction of sp³-hybridized carbons (Fsp3) is 0.625. The zero-order chi connectivity index (χ0) is 17.6. The van der Waals surface area contributed by atoms with E-state index in [2.05, 4.69) is 0 Å². The van der Waals surface area contributed by atoms with Crippen LogP contribution in [0.4, 0.5) is 5.69 Å². The van der Waals surface area contributed by atoms with Crippen LogP contribution in [0.25, 0.3) is 0 Å². The Morgan fingerprint density at radius 2 is 1.54 bits per heavy atom. The smallest absolute Gasteiger partial charge is 0.258 e. The van der Waals surface area contributed by atoms with Crippen molar-refractivity contribution in [1.29, 1.82) is 0 Å². The Labute approximate surface area is 148 Å². The first-order valence-corrected chi connectivity index (χ1v) is 10.6. The van der Waals surface area contributed by atoms with Crippen LogP contribution < -0.4 is 0 Å². The van der Waals surface area contributed by atoms with E-state index in [4.69, 9.17) is 0 Å². The molecule has 0 spiro atoms. The van der Waals surface area contributed by atoms with E-state index in [1.165, 1.54) is 28.7 Å². The van der Waals surface area contributed by atoms with Crippen LogP contribution >= 0.6 is 11.9 Å². The number of nitrogens with zero attached hydrogens (tertiary/aromatic N) is 2. The highest BCUT2D eigenvalue weighted by atomic mass is 32.3. The van der Waals surface area contributed by atoms with E-state index in [1.54, 1.807) is 19.2 Å². The van der Waals surface area contributed by atoms with Crippen molar-refractivity contribution in [2.24, 2.45) is 0 Å². The second-order valence-electron chi connectivity index (χ2n) is 6.12. The minimum absolute atomic E-state index is 0.00104. The van der Waals surface area contributed by atoms with Crippen LogP contribution in [0.2, 0.25) is 0 Å². The summed E-state index contributed by atoms with van der Waals surface area (Å²) in [6.45, 7) is 0. The number of rotatable bonds is 5. The van der Waals surface area contributed by atoms with Gasteiger partial charge in [0.15, 0.2) is 0 Å². The maximum Gasteiger partial charge on any atom is 0.269 e. The van der Waals surface area contributed by atoms with Gasteiger partial charge in [-0.3, -0.25) is 10.1 Å². The fourth-order valence-electron chi connectivity index (χ4n) is 2.93. The monoisotopic (exact) mass is 372 g/mol. The number of nitro benzene ring substituents is 1. The molecule has 0 atom stereocenters. The average Bonchev–Trinajstić information content (AvgIpc) is 2.69. The van der Waals surface area contributed by atoms with Crippen LogP contribution in [-0.2, 0) is 10.0 Å². The zero-order valence-electron chi connectivity index (χ0n) is 13.9. The Hall–Kier alpha value is -1.12. The molecule has 1 fully saturated rings. The molecule has 0 saturated heterocycles. The topological polar surface area (TPSA) is 80.5 Å². The molecule has 0 aromatic heterocycles. The van der Waals surface area contributed by atoms with E-state index in [0.717, 1.165) is 37.6 Å². The molecule has 8 heteroatoms. The first-order valence-electron chi connectivity index (χ1n) is 8.31. The van der Waals surface area contributed by atoms with Crippen LogP contribution in [-0.4, -0.2) is 29.3 Å². The normalized spacial score (nSPS) is 17.9. The van der Waals surface area contributed by atoms with E-state index in [-0.39, 0.29) is 10.9 Å². The minimum atomic E-state index is -3.38. The molecule has 24 heavy (non-hydrogen) atoms. The first kappa shape index (κ1) is 19.2. The maximum absolute atomic E-state index is 12.8. The van der Waals surface area contributed by atoms with Gasteiger partial charge in [0.25, 0.3) is 5.69 Å². The third-order valence-corrected chi connectivity index (χ3v) is 7.98.